The molecular weight excluding hydrogens is 390 g/mol. The normalized spacial score (nSPS) is 17.9. The van der Waals surface area contributed by atoms with E-state index in [-0.39, 0.29) is 16.5 Å². The van der Waals surface area contributed by atoms with E-state index in [0.29, 0.717) is 10.4 Å². The zero-order valence-electron chi connectivity index (χ0n) is 13.7. The second-order valence-electron chi connectivity index (χ2n) is 5.33. The number of aliphatic hydroxyl groups excluding tert-OH is 1. The van der Waals surface area contributed by atoms with Gasteiger partial charge in [0.15, 0.2) is 10.9 Å². The van der Waals surface area contributed by atoms with Crippen LogP contribution in [0.3, 0.4) is 0 Å². The zero-order chi connectivity index (χ0) is 18.8. The Morgan fingerprint density at radius 3 is 2.77 bits per heavy atom. The van der Waals surface area contributed by atoms with Crippen molar-refractivity contribution >= 4 is 51.3 Å². The number of thioether (sulfide) groups is 1. The fourth-order valence-corrected chi connectivity index (χ4v) is 4.71. The maximum Gasteiger partial charge on any atom is 0.296 e. The van der Waals surface area contributed by atoms with Crippen LogP contribution in [-0.4, -0.2) is 26.9 Å². The summed E-state index contributed by atoms with van der Waals surface area (Å²) in [4.78, 5) is 28.4. The number of rotatable bonds is 4. The number of amidine groups is 1. The van der Waals surface area contributed by atoms with Crippen molar-refractivity contribution in [2.75, 3.05) is 0 Å². The SMILES string of the molecule is C=CS/C(=N\N)N1C(=O)C(O)=C(C(=O)c2ccc(C)s2)C1c1ccsc1. The van der Waals surface area contributed by atoms with Gasteiger partial charge in [-0.3, -0.25) is 14.5 Å². The molecule has 2 aromatic rings. The van der Waals surface area contributed by atoms with Crippen molar-refractivity contribution in [2.24, 2.45) is 10.9 Å². The van der Waals surface area contributed by atoms with E-state index in [0.717, 1.165) is 16.6 Å². The highest BCUT2D eigenvalue weighted by Crippen LogP contribution is 2.41. The van der Waals surface area contributed by atoms with E-state index in [1.165, 1.54) is 33.0 Å². The lowest BCUT2D eigenvalue weighted by atomic mass is 9.98. The molecule has 6 nitrogen and oxygen atoms in total. The van der Waals surface area contributed by atoms with Crippen molar-refractivity contribution < 1.29 is 14.7 Å². The molecule has 0 saturated heterocycles. The average Bonchev–Trinajstić information content (AvgIpc) is 3.34. The van der Waals surface area contributed by atoms with E-state index < -0.39 is 17.7 Å². The quantitative estimate of drug-likeness (QED) is 0.265. The van der Waals surface area contributed by atoms with Crippen molar-refractivity contribution in [3.8, 4) is 0 Å². The van der Waals surface area contributed by atoms with Gasteiger partial charge in [-0.05, 0) is 46.9 Å². The molecule has 3 N–H and O–H groups in total. The summed E-state index contributed by atoms with van der Waals surface area (Å²) in [6, 6.07) is 4.52. The summed E-state index contributed by atoms with van der Waals surface area (Å²) < 4.78 is 0. The van der Waals surface area contributed by atoms with Crippen LogP contribution in [0.5, 0.6) is 0 Å². The van der Waals surface area contributed by atoms with E-state index in [9.17, 15) is 14.7 Å². The van der Waals surface area contributed by atoms with Crippen molar-refractivity contribution in [1.29, 1.82) is 0 Å². The van der Waals surface area contributed by atoms with Gasteiger partial charge in [0.1, 0.15) is 0 Å². The smallest absolute Gasteiger partial charge is 0.296 e. The first-order valence-corrected chi connectivity index (χ1v) is 10.1. The number of aliphatic hydroxyl groups is 1. The minimum atomic E-state index is -0.793. The van der Waals surface area contributed by atoms with Crippen LogP contribution in [0.1, 0.15) is 26.2 Å². The number of thiophene rings is 2. The van der Waals surface area contributed by atoms with Crippen LogP contribution < -0.4 is 5.84 Å². The molecule has 1 aliphatic rings. The first-order valence-electron chi connectivity index (χ1n) is 7.45. The van der Waals surface area contributed by atoms with Gasteiger partial charge in [-0.25, -0.2) is 0 Å². The topological polar surface area (TPSA) is 96.0 Å². The first-order chi connectivity index (χ1) is 12.5. The monoisotopic (exact) mass is 405 g/mol. The number of carbonyl (C=O) groups is 2. The number of hydrogen-bond acceptors (Lipinski definition) is 8. The third kappa shape index (κ3) is 3.09. The largest absolute Gasteiger partial charge is 0.503 e. The molecule has 134 valence electrons. The van der Waals surface area contributed by atoms with Gasteiger partial charge in [0.25, 0.3) is 5.91 Å². The number of aryl methyl sites for hydroxylation is 1. The van der Waals surface area contributed by atoms with Gasteiger partial charge in [0.2, 0.25) is 5.78 Å². The zero-order valence-corrected chi connectivity index (χ0v) is 16.2. The maximum atomic E-state index is 13.1. The number of amides is 1. The highest BCUT2D eigenvalue weighted by atomic mass is 32.2. The second kappa shape index (κ2) is 7.48. The molecule has 9 heteroatoms. The fourth-order valence-electron chi connectivity index (χ4n) is 2.69. The highest BCUT2D eigenvalue weighted by Gasteiger charge is 2.46. The third-order valence-electron chi connectivity index (χ3n) is 3.78. The molecule has 0 fully saturated rings. The molecule has 1 unspecified atom stereocenters. The van der Waals surface area contributed by atoms with Crippen LogP contribution in [0.2, 0.25) is 0 Å². The summed E-state index contributed by atoms with van der Waals surface area (Å²) >= 11 is 3.79. The van der Waals surface area contributed by atoms with Crippen LogP contribution in [0.4, 0.5) is 0 Å². The molecule has 26 heavy (non-hydrogen) atoms. The number of hydrogen-bond donors (Lipinski definition) is 2. The van der Waals surface area contributed by atoms with Gasteiger partial charge < -0.3 is 10.9 Å². The Bertz CT molecular complexity index is 928. The molecule has 1 atom stereocenters. The molecule has 1 amide bonds. The Balaban J connectivity index is 2.13. The molecule has 0 spiro atoms. The second-order valence-corrected chi connectivity index (χ2v) is 8.33. The maximum absolute atomic E-state index is 13.1. The summed E-state index contributed by atoms with van der Waals surface area (Å²) in [5.74, 6) is 3.77. The molecule has 2 aromatic heterocycles. The lowest BCUT2D eigenvalue weighted by Gasteiger charge is -2.25. The Labute approximate surface area is 162 Å². The standard InChI is InChI=1S/C17H15N3O3S3/c1-3-25-17(19-18)20-13(10-6-7-24-8-10)12(15(22)16(20)23)14(21)11-5-4-9(2)26-11/h3-8,13,22H,1,18H2,2H3/b19-17-. The molecular formula is C17H15N3O3S3. The van der Waals surface area contributed by atoms with Gasteiger partial charge in [0.05, 0.1) is 16.5 Å². The predicted octanol–water partition coefficient (Wildman–Crippen LogP) is 3.80. The van der Waals surface area contributed by atoms with Crippen molar-refractivity contribution in [1.82, 2.24) is 4.90 Å². The van der Waals surface area contributed by atoms with Gasteiger partial charge in [-0.1, -0.05) is 18.3 Å². The highest BCUT2D eigenvalue weighted by molar-refractivity contribution is 8.16. The Hall–Kier alpha value is -2.36. The minimum absolute atomic E-state index is 0.0288. The Morgan fingerprint density at radius 2 is 2.23 bits per heavy atom. The van der Waals surface area contributed by atoms with E-state index >= 15 is 0 Å². The lowest BCUT2D eigenvalue weighted by Crippen LogP contribution is -2.35. The molecule has 3 heterocycles. The molecule has 0 saturated carbocycles. The van der Waals surface area contributed by atoms with E-state index in [1.54, 1.807) is 12.1 Å². The lowest BCUT2D eigenvalue weighted by molar-refractivity contribution is -0.125. The fraction of sp³-hybridized carbons (Fsp3) is 0.118. The van der Waals surface area contributed by atoms with E-state index in [2.05, 4.69) is 11.7 Å². The van der Waals surface area contributed by atoms with Crippen LogP contribution >= 0.6 is 34.4 Å². The first kappa shape index (κ1) is 18.4. The summed E-state index contributed by atoms with van der Waals surface area (Å²) in [6.07, 6.45) is 0. The molecule has 0 bridgehead atoms. The van der Waals surface area contributed by atoms with Crippen LogP contribution in [0, 0.1) is 6.92 Å². The van der Waals surface area contributed by atoms with E-state index in [4.69, 9.17) is 5.84 Å². The Morgan fingerprint density at radius 1 is 1.46 bits per heavy atom. The van der Waals surface area contributed by atoms with Gasteiger partial charge >= 0.3 is 0 Å². The average molecular weight is 406 g/mol. The van der Waals surface area contributed by atoms with Crippen LogP contribution in [0.15, 0.2) is 57.4 Å². The van der Waals surface area contributed by atoms with Crippen LogP contribution in [-0.2, 0) is 4.79 Å². The van der Waals surface area contributed by atoms with Gasteiger partial charge in [-0.15, -0.1) is 11.3 Å². The molecule has 1 aliphatic heterocycles. The van der Waals surface area contributed by atoms with E-state index in [1.807, 2.05) is 23.8 Å². The number of Topliss-reactive ketones (excluding diaryl/α,β-unsaturated/α-hetero) is 1. The number of nitrogens with zero attached hydrogens (tertiary/aromatic N) is 2. The summed E-state index contributed by atoms with van der Waals surface area (Å²) in [6.45, 7) is 5.49. The van der Waals surface area contributed by atoms with Crippen molar-refractivity contribution in [3.05, 3.63) is 67.6 Å². The summed E-state index contributed by atoms with van der Waals surface area (Å²) in [7, 11) is 0. The number of nitrogens with two attached hydrogens (primary N) is 1. The summed E-state index contributed by atoms with van der Waals surface area (Å²) in [5, 5.41) is 19.4. The molecule has 3 rings (SSSR count). The summed E-state index contributed by atoms with van der Waals surface area (Å²) in [5.41, 5.74) is 0.732. The van der Waals surface area contributed by atoms with Crippen molar-refractivity contribution in [3.63, 3.8) is 0 Å². The van der Waals surface area contributed by atoms with Crippen molar-refractivity contribution in [2.45, 2.75) is 13.0 Å². The third-order valence-corrected chi connectivity index (χ3v) is 6.16. The minimum Gasteiger partial charge on any atom is -0.503 e. The number of carbonyl (C=O) groups excluding carboxylic acids is 2. The molecule has 0 aliphatic carbocycles. The van der Waals surface area contributed by atoms with Crippen LogP contribution in [0.25, 0.3) is 0 Å². The molecule has 0 aromatic carbocycles. The predicted molar refractivity (Wildman–Crippen MR) is 106 cm³/mol. The Kier molecular flexibility index (Phi) is 5.30. The number of hydrazone groups is 1. The van der Waals surface area contributed by atoms with Gasteiger partial charge in [-0.2, -0.15) is 16.4 Å². The molecule has 0 radical (unpaired) electrons. The number of ketones is 1. The van der Waals surface area contributed by atoms with Gasteiger partial charge in [0, 0.05) is 4.88 Å².